The molecule has 4 aromatic rings. The third-order valence-corrected chi connectivity index (χ3v) is 7.90. The van der Waals surface area contributed by atoms with E-state index in [-0.39, 0.29) is 19.4 Å². The first-order valence-corrected chi connectivity index (χ1v) is 14.3. The van der Waals surface area contributed by atoms with Crippen molar-refractivity contribution in [1.29, 1.82) is 0 Å². The van der Waals surface area contributed by atoms with Gasteiger partial charge in [0.25, 0.3) is 0 Å². The van der Waals surface area contributed by atoms with E-state index in [1.165, 1.54) is 6.08 Å². The smallest absolute Gasteiger partial charge is 0.338 e. The van der Waals surface area contributed by atoms with Gasteiger partial charge >= 0.3 is 19.5 Å². The van der Waals surface area contributed by atoms with Gasteiger partial charge in [-0.15, -0.1) is 0 Å². The minimum Gasteiger partial charge on any atom is -0.460 e. The summed E-state index contributed by atoms with van der Waals surface area (Å²) in [6, 6.07) is 28.1. The van der Waals surface area contributed by atoms with E-state index in [0.717, 1.165) is 16.3 Å². The molecule has 4 aromatic carbocycles. The summed E-state index contributed by atoms with van der Waals surface area (Å²) in [6.45, 7) is 5.38. The van der Waals surface area contributed by atoms with Gasteiger partial charge in [-0.2, -0.15) is 0 Å². The first-order chi connectivity index (χ1) is 18.8. The van der Waals surface area contributed by atoms with Crippen LogP contribution in [-0.2, 0) is 31.6 Å². The average molecular weight is 544 g/mol. The predicted octanol–water partition coefficient (Wildman–Crippen LogP) is 6.68. The molecule has 0 radical (unpaired) electrons. The molecule has 0 bridgehead atoms. The van der Waals surface area contributed by atoms with Crippen molar-refractivity contribution in [2.75, 3.05) is 6.61 Å². The van der Waals surface area contributed by atoms with E-state index < -0.39 is 25.5 Å². The third kappa shape index (κ3) is 7.90. The Morgan fingerprint density at radius 2 is 1.56 bits per heavy atom. The molecule has 0 saturated heterocycles. The number of fused-ring (bicyclic) bond motifs is 1. The molecule has 200 valence electrons. The molecule has 7 nitrogen and oxygen atoms in total. The van der Waals surface area contributed by atoms with Crippen molar-refractivity contribution in [3.8, 4) is 5.75 Å². The van der Waals surface area contributed by atoms with E-state index in [1.807, 2.05) is 60.7 Å². The number of carbonyl (C=O) groups excluding carboxylic acids is 2. The maximum absolute atomic E-state index is 14.1. The van der Waals surface area contributed by atoms with Crippen molar-refractivity contribution in [1.82, 2.24) is 5.09 Å². The molecule has 1 N–H and O–H groups in total. The Morgan fingerprint density at radius 3 is 2.28 bits per heavy atom. The molecule has 0 heterocycles. The lowest BCUT2D eigenvalue weighted by atomic mass is 10.0. The van der Waals surface area contributed by atoms with Crippen molar-refractivity contribution in [2.24, 2.45) is 0 Å². The van der Waals surface area contributed by atoms with E-state index in [2.05, 4.69) is 11.7 Å². The molecule has 0 saturated carbocycles. The Morgan fingerprint density at radius 1 is 0.872 bits per heavy atom. The van der Waals surface area contributed by atoms with E-state index in [1.54, 1.807) is 43.3 Å². The first-order valence-electron chi connectivity index (χ1n) is 12.5. The number of hydrogen-bond acceptors (Lipinski definition) is 6. The number of nitrogens with one attached hydrogen (secondary N) is 1. The number of esters is 2. The van der Waals surface area contributed by atoms with Gasteiger partial charge < -0.3 is 14.0 Å². The fourth-order valence-corrected chi connectivity index (χ4v) is 5.98. The summed E-state index contributed by atoms with van der Waals surface area (Å²) in [4.78, 5) is 25.0. The average Bonchev–Trinajstić information content (AvgIpc) is 2.95. The van der Waals surface area contributed by atoms with Crippen LogP contribution in [0.25, 0.3) is 10.8 Å². The summed E-state index contributed by atoms with van der Waals surface area (Å²) < 4.78 is 30.7. The lowest BCUT2D eigenvalue weighted by Crippen LogP contribution is -2.34. The van der Waals surface area contributed by atoms with Crippen molar-refractivity contribution in [3.63, 3.8) is 0 Å². The van der Waals surface area contributed by atoms with Crippen LogP contribution in [0.2, 0.25) is 0 Å². The SMILES string of the molecule is C=CCOC(=O)c1ccc2ccc(CP(=O)(NC(C)C(=O)OCc3ccccc3)Oc3ccccc3)cc2c1. The zero-order valence-corrected chi connectivity index (χ0v) is 22.5. The first kappa shape index (κ1) is 27.8. The molecule has 0 aliphatic carbocycles. The quantitative estimate of drug-likeness (QED) is 0.121. The van der Waals surface area contributed by atoms with Gasteiger partial charge in [0.05, 0.1) is 11.7 Å². The molecule has 4 rings (SSSR count). The van der Waals surface area contributed by atoms with Crippen molar-refractivity contribution in [3.05, 3.63) is 126 Å². The zero-order valence-electron chi connectivity index (χ0n) is 21.6. The summed E-state index contributed by atoms with van der Waals surface area (Å²) in [5.41, 5.74) is 1.96. The lowest BCUT2D eigenvalue weighted by Gasteiger charge is -2.24. The third-order valence-electron chi connectivity index (χ3n) is 5.83. The Balaban J connectivity index is 1.54. The standard InChI is InChI=1S/C31H30NO6P/c1-3-18-36-31(34)27-17-16-26-15-14-25(19-28(26)20-27)22-39(35,38-29-12-8-5-9-13-29)32-23(2)30(33)37-21-24-10-6-4-7-11-24/h3-17,19-20,23H,1,18,21-22H2,2H3,(H,32,35). The van der Waals surface area contributed by atoms with Gasteiger partial charge in [0.1, 0.15) is 25.0 Å². The van der Waals surface area contributed by atoms with Gasteiger partial charge in [-0.05, 0) is 53.1 Å². The van der Waals surface area contributed by atoms with Crippen LogP contribution >= 0.6 is 7.52 Å². The molecule has 0 amide bonds. The van der Waals surface area contributed by atoms with Crippen molar-refractivity contribution >= 4 is 30.2 Å². The molecule has 0 aliphatic rings. The summed E-state index contributed by atoms with van der Waals surface area (Å²) in [5, 5.41) is 4.59. The van der Waals surface area contributed by atoms with Gasteiger partial charge in [-0.1, -0.05) is 85.5 Å². The van der Waals surface area contributed by atoms with Gasteiger partial charge in [0.2, 0.25) is 0 Å². The predicted molar refractivity (Wildman–Crippen MR) is 152 cm³/mol. The molecule has 0 fully saturated rings. The van der Waals surface area contributed by atoms with Gasteiger partial charge in [-0.25, -0.2) is 9.88 Å². The minimum absolute atomic E-state index is 0.000717. The molecule has 39 heavy (non-hydrogen) atoms. The minimum atomic E-state index is -3.65. The summed E-state index contributed by atoms with van der Waals surface area (Å²) in [6.07, 6.45) is 1.51. The molecule has 2 atom stereocenters. The number of carbonyl (C=O) groups is 2. The maximum atomic E-state index is 14.1. The summed E-state index contributed by atoms with van der Waals surface area (Å²) in [5.74, 6) is -0.590. The van der Waals surface area contributed by atoms with Gasteiger partial charge in [-0.3, -0.25) is 9.36 Å². The Bertz CT molecular complexity index is 1490. The second-order valence-corrected chi connectivity index (χ2v) is 11.1. The van der Waals surface area contributed by atoms with Crippen molar-refractivity contribution in [2.45, 2.75) is 25.7 Å². The van der Waals surface area contributed by atoms with Crippen LogP contribution in [0.1, 0.15) is 28.4 Å². The monoisotopic (exact) mass is 543 g/mol. The maximum Gasteiger partial charge on any atom is 0.338 e. The number of rotatable bonds is 12. The number of ether oxygens (including phenoxy) is 2. The van der Waals surface area contributed by atoms with Crippen LogP contribution in [0, 0.1) is 0 Å². The van der Waals surface area contributed by atoms with E-state index in [0.29, 0.717) is 16.9 Å². The highest BCUT2D eigenvalue weighted by molar-refractivity contribution is 7.56. The lowest BCUT2D eigenvalue weighted by molar-refractivity contribution is -0.146. The Hall–Kier alpha value is -4.19. The fraction of sp³-hybridized carbons (Fsp3) is 0.161. The number of benzene rings is 4. The highest BCUT2D eigenvalue weighted by Gasteiger charge is 2.31. The van der Waals surface area contributed by atoms with Crippen LogP contribution in [0.4, 0.5) is 0 Å². The topological polar surface area (TPSA) is 90.9 Å². The second-order valence-electron chi connectivity index (χ2n) is 8.96. The van der Waals surface area contributed by atoms with Crippen LogP contribution < -0.4 is 9.61 Å². The molecule has 2 unspecified atom stereocenters. The molecule has 0 aromatic heterocycles. The van der Waals surface area contributed by atoms with Gasteiger partial charge in [0, 0.05) is 0 Å². The second kappa shape index (κ2) is 13.1. The largest absolute Gasteiger partial charge is 0.460 e. The van der Waals surface area contributed by atoms with Gasteiger partial charge in [0.15, 0.2) is 0 Å². The molecule has 0 aliphatic heterocycles. The summed E-state index contributed by atoms with van der Waals surface area (Å²) >= 11 is 0. The summed E-state index contributed by atoms with van der Waals surface area (Å²) in [7, 11) is -3.65. The van der Waals surface area contributed by atoms with E-state index >= 15 is 0 Å². The molecular formula is C31H30NO6P. The molecule has 0 spiro atoms. The molecule has 8 heteroatoms. The van der Waals surface area contributed by atoms with Crippen LogP contribution in [0.5, 0.6) is 5.75 Å². The normalized spacial score (nSPS) is 13.2. The van der Waals surface area contributed by atoms with Crippen LogP contribution in [0.15, 0.2) is 110 Å². The van der Waals surface area contributed by atoms with E-state index in [9.17, 15) is 14.2 Å². The van der Waals surface area contributed by atoms with Crippen molar-refractivity contribution < 1.29 is 28.2 Å². The highest BCUT2D eigenvalue weighted by atomic mass is 31.2. The number of para-hydroxylation sites is 1. The van der Waals surface area contributed by atoms with Crippen LogP contribution in [0.3, 0.4) is 0 Å². The Kier molecular flexibility index (Phi) is 9.31. The number of hydrogen-bond donors (Lipinski definition) is 1. The van der Waals surface area contributed by atoms with E-state index in [4.69, 9.17) is 14.0 Å². The van der Waals surface area contributed by atoms with Crippen LogP contribution in [-0.4, -0.2) is 24.6 Å². The Labute approximate surface area is 227 Å². The fourth-order valence-electron chi connectivity index (χ4n) is 3.94. The highest BCUT2D eigenvalue weighted by Crippen LogP contribution is 2.47. The zero-order chi connectivity index (χ0) is 27.7. The molecular weight excluding hydrogens is 513 g/mol.